The van der Waals surface area contributed by atoms with Crippen LogP contribution in [-0.2, 0) is 22.7 Å². The summed E-state index contributed by atoms with van der Waals surface area (Å²) in [6, 6.07) is 5.41. The van der Waals surface area contributed by atoms with Gasteiger partial charge in [-0.2, -0.15) is 0 Å². The number of hydrogen-bond donors (Lipinski definition) is 2. The second-order valence-corrected chi connectivity index (χ2v) is 8.90. The van der Waals surface area contributed by atoms with Crippen LogP contribution in [0.5, 0.6) is 0 Å². The van der Waals surface area contributed by atoms with Gasteiger partial charge in [0.25, 0.3) is 5.91 Å². The minimum Gasteiger partial charge on any atom is -0.322 e. The van der Waals surface area contributed by atoms with E-state index in [0.29, 0.717) is 18.5 Å². The van der Waals surface area contributed by atoms with Crippen LogP contribution < -0.4 is 10.6 Å². The second-order valence-electron chi connectivity index (χ2n) is 8.90. The molecule has 3 fully saturated rings. The lowest BCUT2D eigenvalue weighted by Gasteiger charge is -2.50. The molecule has 29 heavy (non-hydrogen) atoms. The van der Waals surface area contributed by atoms with Gasteiger partial charge in [-0.1, -0.05) is 25.0 Å². The summed E-state index contributed by atoms with van der Waals surface area (Å²) in [7, 11) is 0. The lowest BCUT2D eigenvalue weighted by molar-refractivity contribution is -0.136. The first kappa shape index (κ1) is 18.8. The third-order valence-electron chi connectivity index (χ3n) is 7.19. The minimum absolute atomic E-state index is 0.0905. The molecule has 4 aliphatic rings. The van der Waals surface area contributed by atoms with Crippen LogP contribution in [0.15, 0.2) is 18.2 Å². The van der Waals surface area contributed by atoms with E-state index in [1.165, 1.54) is 31.2 Å². The Morgan fingerprint density at radius 1 is 1.10 bits per heavy atom. The number of nitrogens with one attached hydrogen (secondary N) is 2. The van der Waals surface area contributed by atoms with Crippen LogP contribution in [-0.4, -0.2) is 58.7 Å². The summed E-state index contributed by atoms with van der Waals surface area (Å²) < 4.78 is 0. The van der Waals surface area contributed by atoms with Gasteiger partial charge in [-0.15, -0.1) is 0 Å². The van der Waals surface area contributed by atoms with Gasteiger partial charge >= 0.3 is 0 Å². The van der Waals surface area contributed by atoms with Crippen LogP contribution in [0.3, 0.4) is 0 Å². The number of likely N-dealkylation sites (tertiary alicyclic amines) is 1. The number of fused-ring (bicyclic) bond motifs is 1. The van der Waals surface area contributed by atoms with Gasteiger partial charge in [-0.05, 0) is 43.0 Å². The molecule has 7 heteroatoms. The molecule has 3 amide bonds. The van der Waals surface area contributed by atoms with Crippen molar-refractivity contribution in [1.82, 2.24) is 20.4 Å². The summed E-state index contributed by atoms with van der Waals surface area (Å²) in [5, 5.41) is 5.84. The van der Waals surface area contributed by atoms with Gasteiger partial charge in [0.05, 0.1) is 0 Å². The molecule has 0 bridgehead atoms. The van der Waals surface area contributed by atoms with E-state index in [9.17, 15) is 14.4 Å². The van der Waals surface area contributed by atoms with Crippen molar-refractivity contribution in [3.05, 3.63) is 34.9 Å². The normalized spacial score (nSPS) is 26.8. The molecule has 3 saturated heterocycles. The maximum absolute atomic E-state index is 13.1. The number of benzene rings is 1. The van der Waals surface area contributed by atoms with Gasteiger partial charge in [-0.25, -0.2) is 0 Å². The zero-order valence-electron chi connectivity index (χ0n) is 16.7. The van der Waals surface area contributed by atoms with Crippen LogP contribution >= 0.6 is 0 Å². The van der Waals surface area contributed by atoms with Gasteiger partial charge < -0.3 is 10.2 Å². The van der Waals surface area contributed by atoms with Crippen molar-refractivity contribution in [2.45, 2.75) is 63.2 Å². The van der Waals surface area contributed by atoms with E-state index < -0.39 is 6.04 Å². The Morgan fingerprint density at radius 3 is 2.72 bits per heavy atom. The number of piperidine rings is 1. The number of rotatable bonds is 3. The van der Waals surface area contributed by atoms with Crippen LogP contribution in [0.1, 0.15) is 60.0 Å². The largest absolute Gasteiger partial charge is 0.322 e. The molecule has 5 rings (SSSR count). The van der Waals surface area contributed by atoms with Crippen LogP contribution in [0.4, 0.5) is 0 Å². The van der Waals surface area contributed by atoms with E-state index in [0.717, 1.165) is 31.7 Å². The van der Waals surface area contributed by atoms with Gasteiger partial charge in [0.1, 0.15) is 6.04 Å². The second kappa shape index (κ2) is 7.22. The molecule has 1 spiro atoms. The van der Waals surface area contributed by atoms with Gasteiger partial charge in [0.15, 0.2) is 0 Å². The Morgan fingerprint density at radius 2 is 1.97 bits per heavy atom. The molecule has 4 heterocycles. The maximum atomic E-state index is 13.1. The fourth-order valence-electron chi connectivity index (χ4n) is 5.39. The highest BCUT2D eigenvalue weighted by Crippen LogP contribution is 2.35. The number of imide groups is 1. The summed E-state index contributed by atoms with van der Waals surface area (Å²) in [4.78, 5) is 41.1. The molecule has 0 saturated carbocycles. The van der Waals surface area contributed by atoms with Crippen molar-refractivity contribution in [2.24, 2.45) is 0 Å². The Balaban J connectivity index is 1.39. The molecule has 2 N–H and O–H groups in total. The third-order valence-corrected chi connectivity index (χ3v) is 7.19. The molecule has 4 aliphatic heterocycles. The topological polar surface area (TPSA) is 81.8 Å². The minimum atomic E-state index is -0.555. The third kappa shape index (κ3) is 3.16. The zero-order valence-corrected chi connectivity index (χ0v) is 16.7. The zero-order chi connectivity index (χ0) is 20.0. The Bertz CT molecular complexity index is 864. The molecular formula is C22H28N4O3. The summed E-state index contributed by atoms with van der Waals surface area (Å²) in [6.45, 7) is 4.49. The molecule has 1 aromatic rings. The molecule has 0 radical (unpaired) electrons. The molecule has 1 unspecified atom stereocenters. The molecule has 7 nitrogen and oxygen atoms in total. The molecule has 1 aromatic carbocycles. The van der Waals surface area contributed by atoms with Crippen LogP contribution in [0.2, 0.25) is 0 Å². The molecule has 0 aliphatic carbocycles. The van der Waals surface area contributed by atoms with E-state index in [2.05, 4.69) is 21.6 Å². The molecule has 1 atom stereocenters. The van der Waals surface area contributed by atoms with Crippen molar-refractivity contribution in [1.29, 1.82) is 0 Å². The number of carbonyl (C=O) groups is 3. The standard InChI is InChI=1S/C22H28N4O3/c27-19-8-7-18(20(28)24-19)26-12-17-15(5-4-6-16(17)21(26)29)11-25-10-3-1-2-9-22(25)13-23-14-22/h4-6,18,23H,1-3,7-14H2,(H,24,27,28). The van der Waals surface area contributed by atoms with Crippen molar-refractivity contribution >= 4 is 17.7 Å². The predicted octanol–water partition coefficient (Wildman–Crippen LogP) is 1.17. The molecular weight excluding hydrogens is 368 g/mol. The van der Waals surface area contributed by atoms with Gasteiger partial charge in [0, 0.05) is 43.7 Å². The number of carbonyl (C=O) groups excluding carboxylic acids is 3. The van der Waals surface area contributed by atoms with E-state index in [4.69, 9.17) is 0 Å². The monoisotopic (exact) mass is 396 g/mol. The molecule has 0 aromatic heterocycles. The quantitative estimate of drug-likeness (QED) is 0.750. The highest BCUT2D eigenvalue weighted by atomic mass is 16.2. The number of amides is 3. The van der Waals surface area contributed by atoms with Crippen molar-refractivity contribution < 1.29 is 14.4 Å². The Hall–Kier alpha value is -2.25. The number of hydrogen-bond acceptors (Lipinski definition) is 5. The lowest BCUT2D eigenvalue weighted by atomic mass is 9.85. The van der Waals surface area contributed by atoms with Gasteiger partial charge in [-0.3, -0.25) is 24.6 Å². The van der Waals surface area contributed by atoms with E-state index in [1.54, 1.807) is 4.90 Å². The highest BCUT2D eigenvalue weighted by molar-refractivity contribution is 6.05. The molecule has 154 valence electrons. The smallest absolute Gasteiger partial charge is 0.255 e. The lowest BCUT2D eigenvalue weighted by Crippen LogP contribution is -2.68. The van der Waals surface area contributed by atoms with E-state index >= 15 is 0 Å². The first-order chi connectivity index (χ1) is 14.1. The van der Waals surface area contributed by atoms with E-state index in [-0.39, 0.29) is 29.7 Å². The van der Waals surface area contributed by atoms with E-state index in [1.807, 2.05) is 12.1 Å². The maximum Gasteiger partial charge on any atom is 0.255 e. The average molecular weight is 396 g/mol. The summed E-state index contributed by atoms with van der Waals surface area (Å²) in [6.07, 6.45) is 5.71. The summed E-state index contributed by atoms with van der Waals surface area (Å²) in [5.74, 6) is -0.695. The van der Waals surface area contributed by atoms with Gasteiger partial charge in [0.2, 0.25) is 11.8 Å². The fraction of sp³-hybridized carbons (Fsp3) is 0.591. The SMILES string of the molecule is O=C1CCC(N2Cc3c(CN4CCCCCC45CNC5)cccc3C2=O)C(=O)N1. The first-order valence-electron chi connectivity index (χ1n) is 10.8. The predicted molar refractivity (Wildman–Crippen MR) is 107 cm³/mol. The van der Waals surface area contributed by atoms with Crippen LogP contribution in [0.25, 0.3) is 0 Å². The first-order valence-corrected chi connectivity index (χ1v) is 10.8. The Labute approximate surface area is 170 Å². The van der Waals surface area contributed by atoms with Crippen molar-refractivity contribution in [3.63, 3.8) is 0 Å². The van der Waals surface area contributed by atoms with Crippen LogP contribution in [0, 0.1) is 0 Å². The fourth-order valence-corrected chi connectivity index (χ4v) is 5.39. The summed E-state index contributed by atoms with van der Waals surface area (Å²) in [5.41, 5.74) is 3.21. The Kier molecular flexibility index (Phi) is 4.67. The highest BCUT2D eigenvalue weighted by Gasteiger charge is 2.44. The van der Waals surface area contributed by atoms with Crippen molar-refractivity contribution in [3.8, 4) is 0 Å². The average Bonchev–Trinajstić information content (AvgIpc) is 2.86. The van der Waals surface area contributed by atoms with Crippen molar-refractivity contribution in [2.75, 3.05) is 19.6 Å². The number of nitrogens with zero attached hydrogens (tertiary/aromatic N) is 2. The summed E-state index contributed by atoms with van der Waals surface area (Å²) >= 11 is 0.